The van der Waals surface area contributed by atoms with Gasteiger partial charge in [0.2, 0.25) is 17.6 Å². The van der Waals surface area contributed by atoms with Crippen molar-refractivity contribution in [3.63, 3.8) is 0 Å². The molecule has 1 aliphatic heterocycles. The molecule has 0 unspecified atom stereocenters. The summed E-state index contributed by atoms with van der Waals surface area (Å²) < 4.78 is 38.3. The highest BCUT2D eigenvalue weighted by atomic mass is 19.4. The van der Waals surface area contributed by atoms with Crippen LogP contribution in [0.15, 0.2) is 0 Å². The second-order valence-electron chi connectivity index (χ2n) is 10.7. The Hall–Kier alpha value is -1.93. The molecule has 1 heterocycles. The van der Waals surface area contributed by atoms with Crippen LogP contribution < -0.4 is 5.32 Å². The van der Waals surface area contributed by atoms with Gasteiger partial charge in [-0.25, -0.2) is 0 Å². The first-order valence-corrected chi connectivity index (χ1v) is 12.0. The van der Waals surface area contributed by atoms with Gasteiger partial charge in [0, 0.05) is 25.8 Å². The summed E-state index contributed by atoms with van der Waals surface area (Å²) in [6, 6.07) is -2.39. The molecule has 2 saturated carbocycles. The molecule has 2 amide bonds. The van der Waals surface area contributed by atoms with Crippen LogP contribution in [0.5, 0.6) is 0 Å². The zero-order valence-electron chi connectivity index (χ0n) is 19.8. The van der Waals surface area contributed by atoms with Crippen LogP contribution in [0.1, 0.15) is 72.6 Å². The molecule has 1 N–H and O–H groups in total. The van der Waals surface area contributed by atoms with E-state index in [1.807, 2.05) is 20.8 Å². The number of fused-ring (bicyclic) bond motifs is 1. The van der Waals surface area contributed by atoms with Crippen molar-refractivity contribution in [1.82, 2.24) is 10.2 Å². The lowest BCUT2D eigenvalue weighted by molar-refractivity contribution is -0.147. The maximum absolute atomic E-state index is 13.4. The van der Waals surface area contributed by atoms with Crippen LogP contribution in [0.2, 0.25) is 0 Å². The number of alkyl halides is 3. The number of Topliss-reactive ketones (excluding diaryl/α,β-unsaturated/α-hetero) is 2. The van der Waals surface area contributed by atoms with Gasteiger partial charge in [-0.1, -0.05) is 40.0 Å². The Kier molecular flexibility index (Phi) is 7.30. The molecule has 0 bridgehead atoms. The van der Waals surface area contributed by atoms with Gasteiger partial charge in [-0.15, -0.1) is 0 Å². The smallest absolute Gasteiger partial charge is 0.344 e. The Balaban J connectivity index is 1.77. The van der Waals surface area contributed by atoms with Crippen molar-refractivity contribution in [3.8, 4) is 0 Å². The predicted octanol–water partition coefficient (Wildman–Crippen LogP) is 3.67. The number of carbonyl (C=O) groups is 4. The van der Waals surface area contributed by atoms with E-state index in [0.29, 0.717) is 6.54 Å². The van der Waals surface area contributed by atoms with Crippen molar-refractivity contribution in [2.24, 2.45) is 29.1 Å². The van der Waals surface area contributed by atoms with Crippen molar-refractivity contribution in [2.75, 3.05) is 6.54 Å². The third-order valence-electron chi connectivity index (χ3n) is 8.20. The number of nitrogens with one attached hydrogen (secondary N) is 1. The predicted molar refractivity (Wildman–Crippen MR) is 115 cm³/mol. The average molecular weight is 473 g/mol. The lowest BCUT2D eigenvalue weighted by Gasteiger charge is -2.35. The van der Waals surface area contributed by atoms with Gasteiger partial charge < -0.3 is 10.2 Å². The molecular weight excluding hydrogens is 437 g/mol. The van der Waals surface area contributed by atoms with Gasteiger partial charge in [0.15, 0.2) is 5.78 Å². The normalized spacial score (nSPS) is 28.6. The molecule has 3 aliphatic rings. The van der Waals surface area contributed by atoms with E-state index >= 15 is 0 Å². The number of hydrogen-bond donors (Lipinski definition) is 1. The zero-order chi connectivity index (χ0) is 24.7. The molecule has 33 heavy (non-hydrogen) atoms. The molecule has 5 atom stereocenters. The Morgan fingerprint density at radius 3 is 2.24 bits per heavy atom. The van der Waals surface area contributed by atoms with Crippen LogP contribution in [0.3, 0.4) is 0 Å². The van der Waals surface area contributed by atoms with E-state index in [9.17, 15) is 32.3 Å². The summed E-state index contributed by atoms with van der Waals surface area (Å²) in [6.45, 7) is 7.33. The fourth-order valence-electron chi connectivity index (χ4n) is 5.99. The molecule has 1 saturated heterocycles. The minimum absolute atomic E-state index is 0.102. The fraction of sp³-hybridized carbons (Fsp3) is 0.833. The summed E-state index contributed by atoms with van der Waals surface area (Å²) in [5.74, 6) is -2.65. The summed E-state index contributed by atoms with van der Waals surface area (Å²) >= 11 is 0. The lowest BCUT2D eigenvalue weighted by atomic mass is 9.80. The summed E-state index contributed by atoms with van der Waals surface area (Å²) in [5.41, 5.74) is -0.168. The summed E-state index contributed by atoms with van der Waals surface area (Å²) in [6.07, 6.45) is -1.24. The molecule has 0 aromatic carbocycles. The van der Waals surface area contributed by atoms with E-state index in [2.05, 4.69) is 5.32 Å². The topological polar surface area (TPSA) is 83.6 Å². The fourth-order valence-corrected chi connectivity index (χ4v) is 5.99. The molecule has 3 rings (SSSR count). The Labute approximate surface area is 193 Å². The molecule has 3 fully saturated rings. The van der Waals surface area contributed by atoms with Gasteiger partial charge in [-0.2, -0.15) is 13.2 Å². The minimum atomic E-state index is -4.52. The number of amides is 2. The second kappa shape index (κ2) is 9.37. The summed E-state index contributed by atoms with van der Waals surface area (Å²) in [5, 5.41) is 2.41. The van der Waals surface area contributed by atoms with Crippen molar-refractivity contribution in [3.05, 3.63) is 0 Å². The van der Waals surface area contributed by atoms with Gasteiger partial charge in [0.25, 0.3) is 0 Å². The Morgan fingerprint density at radius 1 is 1.09 bits per heavy atom. The Morgan fingerprint density at radius 2 is 1.70 bits per heavy atom. The molecule has 6 nitrogen and oxygen atoms in total. The first-order chi connectivity index (χ1) is 15.3. The third-order valence-corrected chi connectivity index (χ3v) is 8.20. The van der Waals surface area contributed by atoms with Gasteiger partial charge in [0.05, 0.1) is 6.04 Å². The van der Waals surface area contributed by atoms with Gasteiger partial charge in [-0.3, -0.25) is 19.2 Å². The van der Waals surface area contributed by atoms with Crippen LogP contribution >= 0.6 is 0 Å². The lowest BCUT2D eigenvalue weighted by Crippen LogP contribution is -2.55. The van der Waals surface area contributed by atoms with Gasteiger partial charge >= 0.3 is 6.18 Å². The quantitative estimate of drug-likeness (QED) is 0.547. The van der Waals surface area contributed by atoms with E-state index in [1.165, 1.54) is 0 Å². The summed E-state index contributed by atoms with van der Waals surface area (Å²) in [7, 11) is 0. The molecule has 9 heteroatoms. The molecule has 0 spiro atoms. The molecule has 2 aliphatic carbocycles. The number of rotatable bonds is 8. The first kappa shape index (κ1) is 25.7. The largest absolute Gasteiger partial charge is 0.389 e. The monoisotopic (exact) mass is 472 g/mol. The number of piperidine rings is 1. The number of likely N-dealkylation sites (tertiary alicyclic amines) is 1. The highest BCUT2D eigenvalue weighted by molar-refractivity contribution is 6.38. The van der Waals surface area contributed by atoms with E-state index in [1.54, 1.807) is 4.90 Å². The number of hydrogen-bond acceptors (Lipinski definition) is 4. The first-order valence-electron chi connectivity index (χ1n) is 12.0. The maximum Gasteiger partial charge on any atom is 0.389 e. The van der Waals surface area contributed by atoms with Gasteiger partial charge in [0.1, 0.15) is 6.04 Å². The number of halogens is 3. The van der Waals surface area contributed by atoms with Crippen LogP contribution in [0.25, 0.3) is 0 Å². The molecule has 0 aromatic heterocycles. The second-order valence-corrected chi connectivity index (χ2v) is 10.7. The highest BCUT2D eigenvalue weighted by Gasteiger charge is 2.69. The molecule has 0 aromatic rings. The zero-order valence-corrected chi connectivity index (χ0v) is 19.8. The van der Waals surface area contributed by atoms with Crippen LogP contribution in [0, 0.1) is 29.1 Å². The average Bonchev–Trinajstić information content (AvgIpc) is 3.09. The maximum atomic E-state index is 13.4. The molecule has 0 radical (unpaired) electrons. The SMILES string of the molecule is CC(=O)C(=O)[C@H](CCC(F)(F)F)NC(=O)[C@@H]1[C@@H]2[C@H](CN1C(=O)[C@@H](C)C1CCCCC1)C2(C)C. The van der Waals surface area contributed by atoms with Crippen molar-refractivity contribution >= 4 is 23.4 Å². The van der Waals surface area contributed by atoms with Crippen molar-refractivity contribution < 1.29 is 32.3 Å². The Bertz CT molecular complexity index is 804. The minimum Gasteiger partial charge on any atom is -0.344 e. The van der Waals surface area contributed by atoms with Gasteiger partial charge in [-0.05, 0) is 42.4 Å². The number of carbonyl (C=O) groups excluding carboxylic acids is 4. The number of ketones is 2. The van der Waals surface area contributed by atoms with Crippen LogP contribution in [0.4, 0.5) is 13.2 Å². The van der Waals surface area contributed by atoms with E-state index in [4.69, 9.17) is 0 Å². The van der Waals surface area contributed by atoms with Crippen LogP contribution in [-0.4, -0.2) is 53.1 Å². The molecular formula is C24H35F3N2O4. The van der Waals surface area contributed by atoms with Crippen molar-refractivity contribution in [1.29, 1.82) is 0 Å². The standard InChI is InChI=1S/C24H35F3N2O4/c1-13(15-8-6-5-7-9-15)22(33)29-12-16-18(23(16,3)4)19(29)21(32)28-17(20(31)14(2)30)10-11-24(25,26)27/h13,15-19H,5-12H2,1-4H3,(H,28,32)/t13-,16-,17-,18-,19-/m0/s1. The van der Waals surface area contributed by atoms with E-state index in [0.717, 1.165) is 39.0 Å². The summed E-state index contributed by atoms with van der Waals surface area (Å²) in [4.78, 5) is 52.1. The van der Waals surface area contributed by atoms with E-state index in [-0.39, 0.29) is 35.0 Å². The van der Waals surface area contributed by atoms with Crippen molar-refractivity contribution in [2.45, 2.75) is 90.9 Å². The third kappa shape index (κ3) is 5.43. The van der Waals surface area contributed by atoms with E-state index < -0.39 is 48.6 Å². The molecule has 186 valence electrons. The number of nitrogens with zero attached hydrogens (tertiary/aromatic N) is 1. The highest BCUT2D eigenvalue weighted by Crippen LogP contribution is 2.65. The van der Waals surface area contributed by atoms with Crippen LogP contribution in [-0.2, 0) is 19.2 Å².